The highest BCUT2D eigenvalue weighted by molar-refractivity contribution is 6.43. The van der Waals surface area contributed by atoms with Crippen LogP contribution in [-0.2, 0) is 0 Å². The van der Waals surface area contributed by atoms with Gasteiger partial charge in [0.2, 0.25) is 0 Å². The lowest BCUT2D eigenvalue weighted by molar-refractivity contribution is 0.0977. The van der Waals surface area contributed by atoms with Crippen molar-refractivity contribution in [2.75, 3.05) is 0 Å². The van der Waals surface area contributed by atoms with E-state index in [4.69, 9.17) is 11.6 Å². The minimum atomic E-state index is -0.379. The molecule has 1 N–H and O–H groups in total. The van der Waals surface area contributed by atoms with E-state index in [0.29, 0.717) is 21.9 Å². The Morgan fingerprint density at radius 2 is 1.23 bits per heavy atom. The summed E-state index contributed by atoms with van der Waals surface area (Å²) < 4.78 is 0. The molecule has 0 fully saturated rings. The predicted octanol–water partition coefficient (Wildman–Crippen LogP) is 3.97. The molecular formula is C18H9ClO3. The van der Waals surface area contributed by atoms with Crippen molar-refractivity contribution in [3.05, 3.63) is 75.8 Å². The summed E-state index contributed by atoms with van der Waals surface area (Å²) in [6.07, 6.45) is 0. The van der Waals surface area contributed by atoms with Crippen LogP contribution in [0, 0.1) is 0 Å². The number of hydrogen-bond acceptors (Lipinski definition) is 3. The molecule has 0 unspecified atom stereocenters. The molecular weight excluding hydrogens is 300 g/mol. The Kier molecular flexibility index (Phi) is 2.62. The zero-order chi connectivity index (χ0) is 15.4. The van der Waals surface area contributed by atoms with Gasteiger partial charge < -0.3 is 5.11 Å². The molecule has 0 saturated carbocycles. The molecule has 0 saturated heterocycles. The van der Waals surface area contributed by atoms with Gasteiger partial charge in [-0.2, -0.15) is 0 Å². The molecule has 0 amide bonds. The van der Waals surface area contributed by atoms with Crippen LogP contribution in [0.1, 0.15) is 31.8 Å². The fraction of sp³-hybridized carbons (Fsp3) is 0. The van der Waals surface area contributed by atoms with Gasteiger partial charge in [0, 0.05) is 21.9 Å². The number of phenols is 1. The Hall–Kier alpha value is -2.65. The van der Waals surface area contributed by atoms with Gasteiger partial charge in [-0.3, -0.25) is 9.59 Å². The predicted molar refractivity (Wildman–Crippen MR) is 83.9 cm³/mol. The van der Waals surface area contributed by atoms with Gasteiger partial charge in [-0.25, -0.2) is 0 Å². The quantitative estimate of drug-likeness (QED) is 0.534. The van der Waals surface area contributed by atoms with E-state index in [1.165, 1.54) is 0 Å². The highest BCUT2D eigenvalue weighted by Crippen LogP contribution is 2.42. The lowest BCUT2D eigenvalue weighted by atomic mass is 9.82. The number of aromatic hydroxyl groups is 1. The van der Waals surface area contributed by atoms with Crippen LogP contribution in [0.5, 0.6) is 5.75 Å². The first-order valence-electron chi connectivity index (χ1n) is 6.73. The van der Waals surface area contributed by atoms with E-state index >= 15 is 0 Å². The normalized spacial score (nSPS) is 13.1. The molecule has 3 aromatic carbocycles. The molecule has 0 atom stereocenters. The van der Waals surface area contributed by atoms with E-state index in [-0.39, 0.29) is 33.5 Å². The molecule has 1 aliphatic carbocycles. The van der Waals surface area contributed by atoms with Crippen molar-refractivity contribution < 1.29 is 14.7 Å². The number of phenolic OH excluding ortho intramolecular Hbond substituents is 1. The van der Waals surface area contributed by atoms with Crippen LogP contribution in [-0.4, -0.2) is 16.7 Å². The zero-order valence-electron chi connectivity index (χ0n) is 11.3. The largest absolute Gasteiger partial charge is 0.507 e. The summed E-state index contributed by atoms with van der Waals surface area (Å²) in [5.74, 6) is -0.908. The van der Waals surface area contributed by atoms with Crippen molar-refractivity contribution in [3.63, 3.8) is 0 Å². The summed E-state index contributed by atoms with van der Waals surface area (Å²) in [4.78, 5) is 25.4. The Morgan fingerprint density at radius 1 is 0.727 bits per heavy atom. The molecule has 0 heterocycles. The topological polar surface area (TPSA) is 54.4 Å². The lowest BCUT2D eigenvalue weighted by Crippen LogP contribution is -2.21. The number of ketones is 2. The number of fused-ring (bicyclic) bond motifs is 3. The molecule has 3 aromatic rings. The van der Waals surface area contributed by atoms with Gasteiger partial charge in [-0.1, -0.05) is 60.1 Å². The molecule has 22 heavy (non-hydrogen) atoms. The van der Waals surface area contributed by atoms with Gasteiger partial charge in [0.1, 0.15) is 5.75 Å². The van der Waals surface area contributed by atoms with Crippen molar-refractivity contribution in [1.82, 2.24) is 0 Å². The second kappa shape index (κ2) is 4.42. The first-order chi connectivity index (χ1) is 10.6. The number of halogens is 1. The third-order valence-electron chi connectivity index (χ3n) is 4.00. The van der Waals surface area contributed by atoms with Crippen molar-refractivity contribution in [3.8, 4) is 5.75 Å². The molecule has 0 spiro atoms. The molecule has 106 valence electrons. The first-order valence-corrected chi connectivity index (χ1v) is 7.10. The Labute approximate surface area is 130 Å². The number of carbonyl (C=O) groups excluding carboxylic acids is 2. The summed E-state index contributed by atoms with van der Waals surface area (Å²) >= 11 is 6.37. The molecule has 0 aromatic heterocycles. The molecule has 0 aliphatic heterocycles. The molecule has 4 heteroatoms. The molecule has 0 radical (unpaired) electrons. The standard InChI is InChI=1S/C18H9ClO3/c19-15-9-5-1-2-6-10(9)17(21)14-13(15)16(20)11-7-3-4-8-12(11)18(14)22/h1-8,21H. The summed E-state index contributed by atoms with van der Waals surface area (Å²) in [5.41, 5.74) is 0.687. The summed E-state index contributed by atoms with van der Waals surface area (Å²) in [7, 11) is 0. The van der Waals surface area contributed by atoms with Crippen LogP contribution < -0.4 is 0 Å². The van der Waals surface area contributed by atoms with E-state index in [0.717, 1.165) is 0 Å². The average molecular weight is 309 g/mol. The van der Waals surface area contributed by atoms with Crippen LogP contribution in [0.2, 0.25) is 5.02 Å². The van der Waals surface area contributed by atoms with Gasteiger partial charge in [-0.05, 0) is 0 Å². The van der Waals surface area contributed by atoms with E-state index in [9.17, 15) is 14.7 Å². The van der Waals surface area contributed by atoms with Gasteiger partial charge >= 0.3 is 0 Å². The number of carbonyl (C=O) groups is 2. The maximum Gasteiger partial charge on any atom is 0.198 e. The van der Waals surface area contributed by atoms with Crippen LogP contribution in [0.3, 0.4) is 0 Å². The van der Waals surface area contributed by atoms with Gasteiger partial charge in [0.05, 0.1) is 16.1 Å². The Balaban J connectivity index is 2.19. The number of rotatable bonds is 0. The maximum absolute atomic E-state index is 12.7. The zero-order valence-corrected chi connectivity index (χ0v) is 12.0. The van der Waals surface area contributed by atoms with Gasteiger partial charge in [0.25, 0.3) is 0 Å². The van der Waals surface area contributed by atoms with Crippen molar-refractivity contribution >= 4 is 33.9 Å². The van der Waals surface area contributed by atoms with E-state index in [2.05, 4.69) is 0 Å². The second-order valence-corrected chi connectivity index (χ2v) is 5.54. The maximum atomic E-state index is 12.7. The van der Waals surface area contributed by atoms with Crippen molar-refractivity contribution in [2.24, 2.45) is 0 Å². The van der Waals surface area contributed by atoms with Gasteiger partial charge in [-0.15, -0.1) is 0 Å². The van der Waals surface area contributed by atoms with E-state index in [1.54, 1.807) is 48.5 Å². The summed E-state index contributed by atoms with van der Waals surface area (Å²) in [5, 5.41) is 11.7. The van der Waals surface area contributed by atoms with Crippen LogP contribution >= 0.6 is 11.6 Å². The third kappa shape index (κ3) is 1.51. The molecule has 3 nitrogen and oxygen atoms in total. The summed E-state index contributed by atoms with van der Waals surface area (Å²) in [6.45, 7) is 0. The molecule has 4 rings (SSSR count). The van der Waals surface area contributed by atoms with Gasteiger partial charge in [0.15, 0.2) is 11.6 Å². The van der Waals surface area contributed by atoms with Crippen molar-refractivity contribution in [1.29, 1.82) is 0 Å². The average Bonchev–Trinajstić information content (AvgIpc) is 2.56. The monoisotopic (exact) mass is 308 g/mol. The van der Waals surface area contributed by atoms with Crippen LogP contribution in [0.15, 0.2) is 48.5 Å². The smallest absolute Gasteiger partial charge is 0.198 e. The fourth-order valence-corrected chi connectivity index (χ4v) is 3.31. The molecule has 1 aliphatic rings. The van der Waals surface area contributed by atoms with E-state index in [1.807, 2.05) is 0 Å². The number of hydrogen-bond donors (Lipinski definition) is 1. The minimum absolute atomic E-state index is 0.00704. The molecule has 0 bridgehead atoms. The lowest BCUT2D eigenvalue weighted by Gasteiger charge is -2.21. The number of benzene rings is 3. The SMILES string of the molecule is O=C1c2ccccc2C(=O)c2c1c(O)c1ccccc1c2Cl. The van der Waals surface area contributed by atoms with E-state index < -0.39 is 0 Å². The van der Waals surface area contributed by atoms with Crippen molar-refractivity contribution in [2.45, 2.75) is 0 Å². The summed E-state index contributed by atoms with van der Waals surface area (Å²) in [6, 6.07) is 13.5. The fourth-order valence-electron chi connectivity index (χ4n) is 2.96. The Morgan fingerprint density at radius 3 is 1.86 bits per heavy atom. The highest BCUT2D eigenvalue weighted by atomic mass is 35.5. The first kappa shape index (κ1) is 13.0. The Bertz CT molecular complexity index is 910. The highest BCUT2D eigenvalue weighted by Gasteiger charge is 2.35. The second-order valence-electron chi connectivity index (χ2n) is 5.16. The third-order valence-corrected chi connectivity index (χ3v) is 4.39. The van der Waals surface area contributed by atoms with Crippen LogP contribution in [0.4, 0.5) is 0 Å². The van der Waals surface area contributed by atoms with Crippen LogP contribution in [0.25, 0.3) is 10.8 Å². The minimum Gasteiger partial charge on any atom is -0.507 e.